The molecule has 0 unspecified atom stereocenters. The van der Waals surface area contributed by atoms with Gasteiger partial charge in [-0.15, -0.1) is 10.2 Å². The lowest BCUT2D eigenvalue weighted by atomic mass is 9.99. The number of carbonyl (C=O) groups is 2. The molecular formula is C33H35N3O6S2. The summed E-state index contributed by atoms with van der Waals surface area (Å²) in [6.45, 7) is 5.08. The van der Waals surface area contributed by atoms with Crippen molar-refractivity contribution in [3.05, 3.63) is 100 Å². The smallest absolute Gasteiger partial charge is 0.303 e. The van der Waals surface area contributed by atoms with E-state index in [1.54, 1.807) is 30.0 Å². The molecular weight excluding hydrogens is 599 g/mol. The van der Waals surface area contributed by atoms with Crippen LogP contribution in [-0.2, 0) is 37.0 Å². The molecule has 0 spiro atoms. The summed E-state index contributed by atoms with van der Waals surface area (Å²) in [4.78, 5) is 23.4. The number of ether oxygens (including phenoxy) is 3. The van der Waals surface area contributed by atoms with E-state index in [1.165, 1.54) is 6.92 Å². The van der Waals surface area contributed by atoms with Crippen LogP contribution in [0.3, 0.4) is 0 Å². The molecule has 0 bridgehead atoms. The van der Waals surface area contributed by atoms with Crippen molar-refractivity contribution in [2.75, 3.05) is 5.75 Å². The maximum atomic E-state index is 12.2. The van der Waals surface area contributed by atoms with Crippen molar-refractivity contribution in [3.63, 3.8) is 0 Å². The molecule has 11 heteroatoms. The largest absolute Gasteiger partial charge is 0.453 e. The first-order valence-electron chi connectivity index (χ1n) is 14.3. The highest BCUT2D eigenvalue weighted by Gasteiger charge is 2.32. The van der Waals surface area contributed by atoms with E-state index in [2.05, 4.69) is 15.5 Å². The number of amides is 1. The van der Waals surface area contributed by atoms with Gasteiger partial charge in [-0.1, -0.05) is 89.8 Å². The molecule has 1 aromatic heterocycles. The first-order chi connectivity index (χ1) is 21.3. The highest BCUT2D eigenvalue weighted by Crippen LogP contribution is 2.40. The number of aliphatic hydroxyl groups excluding tert-OH is 1. The molecule has 1 aliphatic rings. The van der Waals surface area contributed by atoms with Crippen LogP contribution >= 0.6 is 23.1 Å². The van der Waals surface area contributed by atoms with E-state index in [0.29, 0.717) is 13.0 Å². The Bertz CT molecular complexity index is 1560. The Kier molecular flexibility index (Phi) is 10.8. The van der Waals surface area contributed by atoms with Crippen LogP contribution in [0.25, 0.3) is 11.1 Å². The fourth-order valence-corrected chi connectivity index (χ4v) is 6.71. The standard InChI is InChI=1S/C33H35N3O6S2/c1-20(40-22(3)38)31(39)34-17-24-5-4-6-28(15-24)25-11-13-27(14-12-25)32-41-29(19-43-33-36-35-21(2)44-33)16-30(42-32)26-9-7-23(18-37)8-10-26/h4-15,20,29-30,32,37H,16-19H2,1-3H3,(H,34,39)/t20-,29-,30+,32+/m0/s1. The molecule has 0 radical (unpaired) electrons. The fraction of sp³-hybridized carbons (Fsp3) is 0.333. The van der Waals surface area contributed by atoms with E-state index < -0.39 is 18.4 Å². The van der Waals surface area contributed by atoms with Gasteiger partial charge in [0.05, 0.1) is 18.8 Å². The number of hydrogen-bond acceptors (Lipinski definition) is 10. The van der Waals surface area contributed by atoms with E-state index in [0.717, 1.165) is 48.5 Å². The monoisotopic (exact) mass is 633 g/mol. The maximum absolute atomic E-state index is 12.2. The molecule has 0 aliphatic carbocycles. The average molecular weight is 634 g/mol. The zero-order valence-electron chi connectivity index (χ0n) is 24.8. The molecule has 44 heavy (non-hydrogen) atoms. The van der Waals surface area contributed by atoms with Crippen LogP contribution in [0.2, 0.25) is 0 Å². The maximum Gasteiger partial charge on any atom is 0.303 e. The third-order valence-corrected chi connectivity index (χ3v) is 9.24. The summed E-state index contributed by atoms with van der Waals surface area (Å²) in [5.41, 5.74) is 5.76. The van der Waals surface area contributed by atoms with E-state index in [4.69, 9.17) is 14.2 Å². The second-order valence-corrected chi connectivity index (χ2v) is 13.0. The minimum atomic E-state index is -0.848. The van der Waals surface area contributed by atoms with Gasteiger partial charge in [0.25, 0.3) is 5.91 Å². The van der Waals surface area contributed by atoms with Crippen LogP contribution < -0.4 is 5.32 Å². The van der Waals surface area contributed by atoms with Gasteiger partial charge in [0.15, 0.2) is 16.7 Å². The number of aliphatic hydroxyl groups is 1. The molecule has 1 aliphatic heterocycles. The molecule has 9 nitrogen and oxygen atoms in total. The Hall–Kier alpha value is -3.61. The predicted molar refractivity (Wildman–Crippen MR) is 169 cm³/mol. The number of esters is 1. The molecule has 2 N–H and O–H groups in total. The lowest BCUT2D eigenvalue weighted by Crippen LogP contribution is -2.35. The zero-order valence-corrected chi connectivity index (χ0v) is 26.4. The van der Waals surface area contributed by atoms with Crippen molar-refractivity contribution in [1.29, 1.82) is 0 Å². The third-order valence-electron chi connectivity index (χ3n) is 7.14. The lowest BCUT2D eigenvalue weighted by molar-refractivity contribution is -0.245. The van der Waals surface area contributed by atoms with E-state index in [-0.39, 0.29) is 24.7 Å². The Balaban J connectivity index is 1.28. The van der Waals surface area contributed by atoms with Crippen molar-refractivity contribution in [3.8, 4) is 11.1 Å². The summed E-state index contributed by atoms with van der Waals surface area (Å²) in [5.74, 6) is -0.117. The highest BCUT2D eigenvalue weighted by molar-refractivity contribution is 8.01. The van der Waals surface area contributed by atoms with Crippen LogP contribution in [0.1, 0.15) is 59.9 Å². The van der Waals surface area contributed by atoms with Crippen molar-refractivity contribution < 1.29 is 28.9 Å². The summed E-state index contributed by atoms with van der Waals surface area (Å²) < 4.78 is 18.8. The first kappa shape index (κ1) is 31.8. The Labute approximate surface area is 265 Å². The number of benzene rings is 3. The summed E-state index contributed by atoms with van der Waals surface area (Å²) in [6.07, 6.45) is -0.943. The molecule has 0 saturated carbocycles. The molecule has 1 amide bonds. The Morgan fingerprint density at radius 2 is 1.77 bits per heavy atom. The van der Waals surface area contributed by atoms with Crippen LogP contribution in [0.15, 0.2) is 77.1 Å². The predicted octanol–water partition coefficient (Wildman–Crippen LogP) is 5.91. The van der Waals surface area contributed by atoms with Gasteiger partial charge in [0.2, 0.25) is 0 Å². The molecule has 4 atom stereocenters. The molecule has 1 fully saturated rings. The van der Waals surface area contributed by atoms with Gasteiger partial charge in [-0.25, -0.2) is 0 Å². The quantitative estimate of drug-likeness (QED) is 0.153. The van der Waals surface area contributed by atoms with Crippen LogP contribution in [0.4, 0.5) is 0 Å². The highest BCUT2D eigenvalue weighted by atomic mass is 32.2. The summed E-state index contributed by atoms with van der Waals surface area (Å²) in [5, 5.41) is 21.6. The van der Waals surface area contributed by atoms with Crippen LogP contribution in [0.5, 0.6) is 0 Å². The minimum Gasteiger partial charge on any atom is -0.453 e. The van der Waals surface area contributed by atoms with Crippen molar-refractivity contribution in [2.24, 2.45) is 0 Å². The third kappa shape index (κ3) is 8.52. The second-order valence-electron chi connectivity index (χ2n) is 10.5. The Morgan fingerprint density at radius 3 is 2.45 bits per heavy atom. The van der Waals surface area contributed by atoms with Crippen LogP contribution in [-0.4, -0.2) is 45.1 Å². The summed E-state index contributed by atoms with van der Waals surface area (Å²) in [6, 6.07) is 23.9. The van der Waals surface area contributed by atoms with Gasteiger partial charge in [-0.2, -0.15) is 0 Å². The molecule has 2 heterocycles. The summed E-state index contributed by atoms with van der Waals surface area (Å²) >= 11 is 3.22. The number of carbonyl (C=O) groups excluding carboxylic acids is 2. The number of aryl methyl sites for hydroxylation is 1. The van der Waals surface area contributed by atoms with E-state index in [1.807, 2.05) is 79.7 Å². The second kappa shape index (κ2) is 14.9. The number of aromatic nitrogens is 2. The summed E-state index contributed by atoms with van der Waals surface area (Å²) in [7, 11) is 0. The molecule has 1 saturated heterocycles. The first-order valence-corrected chi connectivity index (χ1v) is 16.2. The van der Waals surface area contributed by atoms with Gasteiger partial charge in [-0.3, -0.25) is 9.59 Å². The topological polar surface area (TPSA) is 120 Å². The Morgan fingerprint density at radius 1 is 1.02 bits per heavy atom. The number of hydrogen-bond donors (Lipinski definition) is 2. The number of nitrogens with one attached hydrogen (secondary N) is 1. The number of rotatable bonds is 11. The van der Waals surface area contributed by atoms with Gasteiger partial charge < -0.3 is 24.6 Å². The van der Waals surface area contributed by atoms with Crippen molar-refractivity contribution in [1.82, 2.24) is 15.5 Å². The molecule has 3 aromatic carbocycles. The van der Waals surface area contributed by atoms with Crippen molar-refractivity contribution in [2.45, 2.75) is 69.3 Å². The molecule has 5 rings (SSSR count). The van der Waals surface area contributed by atoms with Gasteiger partial charge in [0.1, 0.15) is 5.01 Å². The lowest BCUT2D eigenvalue weighted by Gasteiger charge is -2.36. The van der Waals surface area contributed by atoms with E-state index >= 15 is 0 Å². The molecule has 4 aromatic rings. The fourth-order valence-electron chi connectivity index (χ4n) is 4.85. The average Bonchev–Trinajstić information content (AvgIpc) is 3.47. The van der Waals surface area contributed by atoms with Gasteiger partial charge in [-0.05, 0) is 47.7 Å². The normalized spacial score (nSPS) is 18.9. The van der Waals surface area contributed by atoms with E-state index in [9.17, 15) is 14.7 Å². The SMILES string of the molecule is CC(=O)O[C@@H](C)C(=O)NCc1cccc(-c2ccc([C@@H]3O[C@H](CSc4nnc(C)s4)C[C@H](c4ccc(CO)cc4)O3)cc2)c1. The van der Waals surface area contributed by atoms with Crippen molar-refractivity contribution >= 4 is 35.0 Å². The molecule has 230 valence electrons. The zero-order chi connectivity index (χ0) is 31.1. The van der Waals surface area contributed by atoms with Gasteiger partial charge in [0, 0.05) is 31.2 Å². The number of thioether (sulfide) groups is 1. The number of nitrogens with zero attached hydrogens (tertiary/aromatic N) is 2. The minimum absolute atomic E-state index is 0.00273. The van der Waals surface area contributed by atoms with Gasteiger partial charge >= 0.3 is 5.97 Å². The van der Waals surface area contributed by atoms with Crippen LogP contribution in [0, 0.1) is 6.92 Å².